The van der Waals surface area contributed by atoms with Crippen LogP contribution in [0.2, 0.25) is 0 Å². The van der Waals surface area contributed by atoms with Crippen molar-refractivity contribution in [1.29, 1.82) is 0 Å². The lowest BCUT2D eigenvalue weighted by molar-refractivity contribution is -0.385. The largest absolute Gasteiger partial charge is 0.445 e. The molecule has 0 unspecified atom stereocenters. The number of ether oxygens (including phenoxy) is 3. The Hall–Kier alpha value is -7.00. The molecular formula is C69H103N9O15S2. The van der Waals surface area contributed by atoms with Gasteiger partial charge in [0.25, 0.3) is 5.69 Å². The van der Waals surface area contributed by atoms with E-state index in [9.17, 15) is 58.4 Å². The zero-order chi connectivity index (χ0) is 70.8. The van der Waals surface area contributed by atoms with Gasteiger partial charge in [-0.15, -0.1) is 0 Å². The van der Waals surface area contributed by atoms with Crippen LogP contribution in [-0.4, -0.2) is 166 Å². The van der Waals surface area contributed by atoms with Crippen molar-refractivity contribution in [2.24, 2.45) is 53.1 Å². The van der Waals surface area contributed by atoms with E-state index in [0.717, 1.165) is 11.8 Å². The number of hydrogen-bond donors (Lipinski definition) is 5. The molecule has 24 nitrogen and oxygen atoms in total. The van der Waals surface area contributed by atoms with Gasteiger partial charge in [0.2, 0.25) is 23.6 Å². The van der Waals surface area contributed by atoms with Crippen molar-refractivity contribution in [3.05, 3.63) is 94.2 Å². The van der Waals surface area contributed by atoms with Crippen molar-refractivity contribution in [3.8, 4) is 0 Å². The number of likely N-dealkylation sites (tertiary alicyclic amines) is 1. The lowest BCUT2D eigenvalue weighted by Crippen LogP contribution is -2.54. The molecule has 0 saturated carbocycles. The van der Waals surface area contributed by atoms with Crippen LogP contribution in [0, 0.1) is 57.5 Å². The molecule has 0 aliphatic carbocycles. The van der Waals surface area contributed by atoms with E-state index in [1.165, 1.54) is 52.8 Å². The molecule has 1 fully saturated rings. The van der Waals surface area contributed by atoms with E-state index < -0.39 is 77.1 Å². The number of aliphatic hydroxyl groups is 1. The maximum Gasteiger partial charge on any atom is 0.410 e. The second-order valence-electron chi connectivity index (χ2n) is 26.0. The predicted molar refractivity (Wildman–Crippen MR) is 366 cm³/mol. The number of amides is 7. The third kappa shape index (κ3) is 24.6. The number of nitrogens with one attached hydrogen (secondary N) is 3. The summed E-state index contributed by atoms with van der Waals surface area (Å²) in [6.07, 6.45) is 0.437. The highest BCUT2D eigenvalue weighted by Crippen LogP contribution is 2.35. The molecule has 1 aliphatic rings. The standard InChI is InChI=1S/C69H103N9O15S2/c1-15-44(8)63(57(91-13)38-60(83)77-33-20-24-53(77)65(92-14)46(10)54(79)35-45(9)64(84)48-21-17-16-18-22-48)75(11)67(86)52(41(2)3)37-56(81)62(43(6)7)76(12)69(88)93-40-47-25-27-50(28-26-47)73-66(85)49(23-19-32-71-68(70)87)36-55(80)61(42(4)5)74-58(82)31-34-94-95-59-30-29-51(39-72-59)78(89)90/h16-18,21-22,25-30,39,41-46,49,52-53,57,61-65,84H,15,19-20,23-24,31-38,40H2,1-14H3,(H,73,85)(H,74,82)(H3,70,71,87)/t44-,45-,46-,49+,52-,53-,57+,61-,62-,63-,64+,65+/m0/s1. The van der Waals surface area contributed by atoms with Crippen molar-refractivity contribution in [2.45, 2.75) is 188 Å². The molecule has 95 heavy (non-hydrogen) atoms. The normalized spacial score (nSPS) is 16.7. The Morgan fingerprint density at radius 2 is 1.48 bits per heavy atom. The fourth-order valence-corrected chi connectivity index (χ4v) is 14.2. The number of nitrogens with zero attached hydrogens (tertiary/aromatic N) is 5. The molecule has 26 heteroatoms. The minimum Gasteiger partial charge on any atom is -0.445 e. The van der Waals surface area contributed by atoms with E-state index in [4.69, 9.17) is 19.9 Å². The number of Topliss-reactive ketones (excluding diaryl/α,β-unsaturated/α-hetero) is 3. The molecule has 0 radical (unpaired) electrons. The van der Waals surface area contributed by atoms with Crippen LogP contribution in [0.15, 0.2) is 78.0 Å². The number of benzene rings is 2. The maximum atomic E-state index is 14.9. The number of anilines is 1. The van der Waals surface area contributed by atoms with Crippen LogP contribution >= 0.6 is 21.6 Å². The van der Waals surface area contributed by atoms with Crippen LogP contribution in [0.5, 0.6) is 0 Å². The molecule has 4 rings (SSSR count). The summed E-state index contributed by atoms with van der Waals surface area (Å²) in [5, 5.41) is 30.7. The van der Waals surface area contributed by atoms with Crippen LogP contribution in [-0.2, 0) is 54.4 Å². The smallest absolute Gasteiger partial charge is 0.410 e. The average molecular weight is 1360 g/mol. The van der Waals surface area contributed by atoms with Gasteiger partial charge in [0.15, 0.2) is 11.6 Å². The number of methoxy groups -OCH3 is 2. The van der Waals surface area contributed by atoms with E-state index in [0.29, 0.717) is 54.3 Å². The zero-order valence-corrected chi connectivity index (χ0v) is 59.4. The van der Waals surface area contributed by atoms with Gasteiger partial charge in [-0.05, 0) is 95.4 Å². The molecule has 1 aromatic heterocycles. The Balaban J connectivity index is 1.38. The van der Waals surface area contributed by atoms with Gasteiger partial charge in [-0.3, -0.25) is 43.7 Å². The van der Waals surface area contributed by atoms with Crippen LogP contribution in [0.25, 0.3) is 0 Å². The summed E-state index contributed by atoms with van der Waals surface area (Å²) in [6.45, 7) is 19.0. The molecule has 3 aromatic rings. The van der Waals surface area contributed by atoms with Gasteiger partial charge in [0.1, 0.15) is 23.6 Å². The first-order chi connectivity index (χ1) is 44.9. The first-order valence-corrected chi connectivity index (χ1v) is 35.2. The number of aliphatic hydroxyl groups excluding tert-OH is 1. The SMILES string of the molecule is CC[C@H](C)[C@@H]([C@@H](CC(=O)N1CCC[C@H]1[C@H](OC)[C@@H](C)C(=O)C[C@H](C)[C@@H](O)c1ccccc1)OC)N(C)C(=O)[C@@H](CC(=O)[C@H](C(C)C)N(C)C(=O)OCc1ccc(NC(=O)[C@H](CCCNC(N)=O)CC(=O)[C@@H](NC(=O)CCSSc2ccc([N+](=O)[O-])cn2)C(C)C)cc1)C(C)C. The summed E-state index contributed by atoms with van der Waals surface area (Å²) in [5.41, 5.74) is 6.79. The third-order valence-corrected chi connectivity index (χ3v) is 20.3. The molecule has 0 bridgehead atoms. The number of nitro groups is 1. The van der Waals surface area contributed by atoms with Gasteiger partial charge < -0.3 is 55.7 Å². The number of hydrogen-bond acceptors (Lipinski definition) is 18. The Morgan fingerprint density at radius 3 is 2.05 bits per heavy atom. The van der Waals surface area contributed by atoms with E-state index in [2.05, 4.69) is 20.9 Å². The highest BCUT2D eigenvalue weighted by atomic mass is 33.1. The fraction of sp³-hybridized carbons (Fsp3) is 0.623. The van der Waals surface area contributed by atoms with Crippen molar-refractivity contribution in [3.63, 3.8) is 0 Å². The minimum atomic E-state index is -0.969. The topological polar surface area (TPSA) is 329 Å². The van der Waals surface area contributed by atoms with Crippen LogP contribution in [0.3, 0.4) is 0 Å². The van der Waals surface area contributed by atoms with Gasteiger partial charge in [-0.1, -0.05) is 129 Å². The Labute approximate surface area is 568 Å². The molecule has 2 heterocycles. The lowest BCUT2D eigenvalue weighted by Gasteiger charge is -2.41. The van der Waals surface area contributed by atoms with Crippen LogP contribution < -0.4 is 21.7 Å². The van der Waals surface area contributed by atoms with Crippen molar-refractivity contribution in [2.75, 3.05) is 52.5 Å². The zero-order valence-electron chi connectivity index (χ0n) is 57.8. The van der Waals surface area contributed by atoms with Gasteiger partial charge in [0.05, 0.1) is 53.8 Å². The van der Waals surface area contributed by atoms with Crippen LogP contribution in [0.4, 0.5) is 21.0 Å². The third-order valence-electron chi connectivity index (χ3n) is 18.0. The van der Waals surface area contributed by atoms with Crippen LogP contribution in [0.1, 0.15) is 151 Å². The van der Waals surface area contributed by atoms with Crippen molar-refractivity contribution >= 4 is 86.1 Å². The molecular weight excluding hydrogens is 1260 g/mol. The average Bonchev–Trinajstić information content (AvgIpc) is 1.80. The van der Waals surface area contributed by atoms with Gasteiger partial charge >= 0.3 is 12.1 Å². The number of primary amides is 1. The Morgan fingerprint density at radius 1 is 0.811 bits per heavy atom. The monoisotopic (exact) mass is 1360 g/mol. The Kier molecular flexibility index (Phi) is 33.8. The molecule has 12 atom stereocenters. The first kappa shape index (κ1) is 80.4. The number of ketones is 3. The summed E-state index contributed by atoms with van der Waals surface area (Å²) >= 11 is 0. The van der Waals surface area contributed by atoms with Crippen molar-refractivity contribution < 1.29 is 67.4 Å². The minimum absolute atomic E-state index is 0.0559. The lowest BCUT2D eigenvalue weighted by atomic mass is 9.83. The van der Waals surface area contributed by atoms with Crippen molar-refractivity contribution in [1.82, 2.24) is 30.3 Å². The first-order valence-electron chi connectivity index (χ1n) is 32.9. The molecule has 7 amide bonds. The molecule has 526 valence electrons. The summed E-state index contributed by atoms with van der Waals surface area (Å²) in [6, 6.07) is 15.0. The Bertz CT molecular complexity index is 3000. The van der Waals surface area contributed by atoms with Gasteiger partial charge in [-0.2, -0.15) is 0 Å². The van der Waals surface area contributed by atoms with Gasteiger partial charge in [0, 0.05) is 102 Å². The predicted octanol–water partition coefficient (Wildman–Crippen LogP) is 10.00. The molecule has 6 N–H and O–H groups in total. The number of carbonyl (C=O) groups excluding carboxylic acids is 9. The number of likely N-dealkylation sites (N-methyl/N-ethyl adjacent to an activating group) is 2. The summed E-state index contributed by atoms with van der Waals surface area (Å²) in [4.78, 5) is 143. The highest BCUT2D eigenvalue weighted by Gasteiger charge is 2.44. The number of pyridine rings is 1. The number of urea groups is 1. The second kappa shape index (κ2) is 39.9. The van der Waals surface area contributed by atoms with E-state index in [1.807, 2.05) is 85.7 Å². The molecule has 0 spiro atoms. The number of rotatable bonds is 41. The number of nitrogens with two attached hydrogens (primary N) is 1. The number of carbonyl (C=O) groups is 9. The quantitative estimate of drug-likeness (QED) is 0.0153. The van der Waals surface area contributed by atoms with Gasteiger partial charge in [-0.25, -0.2) is 14.6 Å². The van der Waals surface area contributed by atoms with E-state index in [-0.39, 0.29) is 128 Å². The maximum absolute atomic E-state index is 14.9. The van der Waals surface area contributed by atoms with E-state index >= 15 is 0 Å². The molecule has 1 saturated heterocycles. The number of aromatic nitrogens is 1. The second-order valence-corrected chi connectivity index (χ2v) is 28.4. The molecule has 2 aromatic carbocycles. The highest BCUT2D eigenvalue weighted by molar-refractivity contribution is 8.76. The summed E-state index contributed by atoms with van der Waals surface area (Å²) in [7, 11) is 8.81. The fourth-order valence-electron chi connectivity index (χ4n) is 12.4. The summed E-state index contributed by atoms with van der Waals surface area (Å²) in [5.74, 6) is -5.50. The van der Waals surface area contributed by atoms with E-state index in [1.54, 1.807) is 62.1 Å². The molecule has 1 aliphatic heterocycles. The summed E-state index contributed by atoms with van der Waals surface area (Å²) < 4.78 is 17.9.